The van der Waals surface area contributed by atoms with Gasteiger partial charge in [-0.1, -0.05) is 18.2 Å². The van der Waals surface area contributed by atoms with Crippen LogP contribution >= 0.6 is 0 Å². The molecule has 170 valence electrons. The van der Waals surface area contributed by atoms with Crippen LogP contribution in [0.2, 0.25) is 0 Å². The van der Waals surface area contributed by atoms with E-state index in [1.165, 1.54) is 18.1 Å². The molecule has 1 heterocycles. The number of hydrogen-bond donors (Lipinski definition) is 1. The van der Waals surface area contributed by atoms with E-state index in [0.29, 0.717) is 11.4 Å². The molecule has 11 nitrogen and oxygen atoms in total. The third-order valence-corrected chi connectivity index (χ3v) is 4.61. The molecule has 0 aliphatic rings. The van der Waals surface area contributed by atoms with Crippen molar-refractivity contribution in [2.24, 2.45) is 0 Å². The molecule has 2 aromatic carbocycles. The summed E-state index contributed by atoms with van der Waals surface area (Å²) in [5.74, 6) is -1.25. The van der Waals surface area contributed by atoms with Crippen LogP contribution in [0, 0.1) is 10.1 Å². The van der Waals surface area contributed by atoms with Crippen molar-refractivity contribution in [1.82, 2.24) is 9.97 Å². The number of methoxy groups -OCH3 is 1. The average Bonchev–Trinajstić information content (AvgIpc) is 2.83. The van der Waals surface area contributed by atoms with Gasteiger partial charge < -0.3 is 19.7 Å². The Bertz CT molecular complexity index is 1200. The molecule has 0 fully saturated rings. The van der Waals surface area contributed by atoms with E-state index in [4.69, 9.17) is 9.47 Å². The number of nitro groups is 1. The number of nitrogens with one attached hydrogen (secondary N) is 1. The van der Waals surface area contributed by atoms with Gasteiger partial charge in [-0.3, -0.25) is 10.1 Å². The molecule has 0 amide bonds. The highest BCUT2D eigenvalue weighted by Crippen LogP contribution is 2.37. The zero-order valence-corrected chi connectivity index (χ0v) is 18.1. The number of aromatic nitrogens is 2. The SMILES string of the molecule is CCOC(=O)c1cccc(Nc2ncnc(N(C)c3ccccc3C(=O)OC)c2[N+](=O)[O-])c1. The van der Waals surface area contributed by atoms with Gasteiger partial charge in [0.25, 0.3) is 0 Å². The van der Waals surface area contributed by atoms with Crippen molar-refractivity contribution < 1.29 is 24.0 Å². The maximum Gasteiger partial charge on any atom is 0.354 e. The van der Waals surface area contributed by atoms with Crippen molar-refractivity contribution in [3.05, 3.63) is 76.1 Å². The van der Waals surface area contributed by atoms with E-state index in [1.54, 1.807) is 56.4 Å². The first-order valence-electron chi connectivity index (χ1n) is 9.82. The molecule has 0 spiro atoms. The summed E-state index contributed by atoms with van der Waals surface area (Å²) in [4.78, 5) is 45.1. The maximum absolute atomic E-state index is 12.2. The fraction of sp³-hybridized carbons (Fsp3) is 0.182. The number of carbonyl (C=O) groups excluding carboxylic acids is 2. The number of carbonyl (C=O) groups is 2. The number of hydrogen-bond acceptors (Lipinski definition) is 10. The summed E-state index contributed by atoms with van der Waals surface area (Å²) in [6.45, 7) is 1.91. The average molecular weight is 451 g/mol. The van der Waals surface area contributed by atoms with E-state index < -0.39 is 22.5 Å². The number of nitrogens with zero attached hydrogens (tertiary/aromatic N) is 4. The van der Waals surface area contributed by atoms with Gasteiger partial charge >= 0.3 is 17.6 Å². The second-order valence-corrected chi connectivity index (χ2v) is 6.65. The zero-order valence-electron chi connectivity index (χ0n) is 18.1. The molecule has 0 bridgehead atoms. The summed E-state index contributed by atoms with van der Waals surface area (Å²) in [5, 5.41) is 14.9. The van der Waals surface area contributed by atoms with Gasteiger partial charge in [-0.25, -0.2) is 19.6 Å². The largest absolute Gasteiger partial charge is 0.465 e. The second kappa shape index (κ2) is 10.2. The van der Waals surface area contributed by atoms with E-state index in [0.717, 1.165) is 6.33 Å². The molecule has 0 saturated heterocycles. The fourth-order valence-corrected chi connectivity index (χ4v) is 3.11. The molecule has 0 unspecified atom stereocenters. The van der Waals surface area contributed by atoms with Crippen LogP contribution in [0.15, 0.2) is 54.9 Å². The highest BCUT2D eigenvalue weighted by atomic mass is 16.6. The molecule has 3 rings (SSSR count). The van der Waals surface area contributed by atoms with Gasteiger partial charge in [0.15, 0.2) is 0 Å². The molecule has 0 aliphatic heterocycles. The first-order valence-corrected chi connectivity index (χ1v) is 9.82. The van der Waals surface area contributed by atoms with Gasteiger partial charge in [0, 0.05) is 12.7 Å². The number of rotatable bonds is 8. The molecular formula is C22H21N5O6. The smallest absolute Gasteiger partial charge is 0.354 e. The number of esters is 2. The fourth-order valence-electron chi connectivity index (χ4n) is 3.11. The Morgan fingerprint density at radius 1 is 1.12 bits per heavy atom. The minimum atomic E-state index is -0.621. The molecule has 0 saturated carbocycles. The summed E-state index contributed by atoms with van der Waals surface area (Å²) in [7, 11) is 2.79. The van der Waals surface area contributed by atoms with E-state index in [2.05, 4.69) is 15.3 Å². The van der Waals surface area contributed by atoms with Crippen LogP contribution in [-0.4, -0.2) is 47.6 Å². The molecule has 0 aliphatic carbocycles. The quantitative estimate of drug-likeness (QED) is 0.305. The Morgan fingerprint density at radius 3 is 2.58 bits per heavy atom. The first kappa shape index (κ1) is 23.1. The van der Waals surface area contributed by atoms with Crippen molar-refractivity contribution in [2.45, 2.75) is 6.92 Å². The Hall–Kier alpha value is -4.54. The lowest BCUT2D eigenvalue weighted by Crippen LogP contribution is -2.18. The van der Waals surface area contributed by atoms with E-state index >= 15 is 0 Å². The Balaban J connectivity index is 2.03. The summed E-state index contributed by atoms with van der Waals surface area (Å²) >= 11 is 0. The number of anilines is 4. The number of benzene rings is 2. The highest BCUT2D eigenvalue weighted by Gasteiger charge is 2.28. The Morgan fingerprint density at radius 2 is 1.88 bits per heavy atom. The summed E-state index contributed by atoms with van der Waals surface area (Å²) in [6.07, 6.45) is 1.16. The summed E-state index contributed by atoms with van der Waals surface area (Å²) < 4.78 is 9.80. The lowest BCUT2D eigenvalue weighted by atomic mass is 10.1. The van der Waals surface area contributed by atoms with Crippen LogP contribution in [0.3, 0.4) is 0 Å². The number of para-hydroxylation sites is 1. The third kappa shape index (κ3) is 5.03. The van der Waals surface area contributed by atoms with E-state index in [9.17, 15) is 19.7 Å². The lowest BCUT2D eigenvalue weighted by molar-refractivity contribution is -0.383. The monoisotopic (exact) mass is 451 g/mol. The van der Waals surface area contributed by atoms with E-state index in [-0.39, 0.29) is 29.4 Å². The van der Waals surface area contributed by atoms with Crippen LogP contribution in [0.1, 0.15) is 27.6 Å². The van der Waals surface area contributed by atoms with Crippen LogP contribution in [-0.2, 0) is 9.47 Å². The van der Waals surface area contributed by atoms with Gasteiger partial charge in [-0.15, -0.1) is 0 Å². The summed E-state index contributed by atoms with van der Waals surface area (Å²) in [5.41, 5.74) is 0.837. The standard InChI is InChI=1S/C22H21N5O6/c1-4-33-21(28)14-8-7-9-15(12-14)25-19-18(27(30)31)20(24-13-23-19)26(2)17-11-6-5-10-16(17)22(29)32-3/h5-13H,4H2,1-3H3,(H,23,24,25). The normalized spacial score (nSPS) is 10.3. The lowest BCUT2D eigenvalue weighted by Gasteiger charge is -2.21. The van der Waals surface area contributed by atoms with Gasteiger partial charge in [-0.05, 0) is 37.3 Å². The van der Waals surface area contributed by atoms with Crippen LogP contribution in [0.5, 0.6) is 0 Å². The predicted molar refractivity (Wildman–Crippen MR) is 120 cm³/mol. The minimum Gasteiger partial charge on any atom is -0.465 e. The summed E-state index contributed by atoms with van der Waals surface area (Å²) in [6, 6.07) is 12.8. The second-order valence-electron chi connectivity index (χ2n) is 6.65. The minimum absolute atomic E-state index is 0.0459. The van der Waals surface area contributed by atoms with Gasteiger partial charge in [0.1, 0.15) is 6.33 Å². The van der Waals surface area contributed by atoms with Gasteiger partial charge in [0.2, 0.25) is 11.6 Å². The number of ether oxygens (including phenoxy) is 2. The van der Waals surface area contributed by atoms with Crippen LogP contribution in [0.4, 0.5) is 28.7 Å². The Kier molecular flexibility index (Phi) is 7.13. The molecule has 11 heteroatoms. The molecule has 33 heavy (non-hydrogen) atoms. The molecule has 0 atom stereocenters. The maximum atomic E-state index is 12.2. The van der Waals surface area contributed by atoms with Crippen molar-refractivity contribution in [1.29, 1.82) is 0 Å². The highest BCUT2D eigenvalue weighted by molar-refractivity contribution is 5.97. The third-order valence-electron chi connectivity index (χ3n) is 4.61. The molecule has 0 radical (unpaired) electrons. The van der Waals surface area contributed by atoms with E-state index in [1.807, 2.05) is 0 Å². The van der Waals surface area contributed by atoms with Crippen molar-refractivity contribution in [2.75, 3.05) is 31.0 Å². The molecule has 1 N–H and O–H groups in total. The van der Waals surface area contributed by atoms with Gasteiger partial charge in [0.05, 0.1) is 35.5 Å². The van der Waals surface area contributed by atoms with Crippen molar-refractivity contribution >= 4 is 40.6 Å². The predicted octanol–water partition coefficient (Wildman–Crippen LogP) is 3.86. The first-order chi connectivity index (χ1) is 15.9. The van der Waals surface area contributed by atoms with Crippen LogP contribution < -0.4 is 10.2 Å². The van der Waals surface area contributed by atoms with Crippen molar-refractivity contribution in [3.8, 4) is 0 Å². The molecule has 1 aromatic heterocycles. The van der Waals surface area contributed by atoms with Gasteiger partial charge in [-0.2, -0.15) is 0 Å². The van der Waals surface area contributed by atoms with Crippen molar-refractivity contribution in [3.63, 3.8) is 0 Å². The molecule has 3 aromatic rings. The Labute approximate surface area is 189 Å². The topological polar surface area (TPSA) is 137 Å². The zero-order chi connectivity index (χ0) is 24.0. The molecular weight excluding hydrogens is 430 g/mol. The van der Waals surface area contributed by atoms with Crippen LogP contribution in [0.25, 0.3) is 0 Å².